The van der Waals surface area contributed by atoms with Gasteiger partial charge in [-0.25, -0.2) is 0 Å². The summed E-state index contributed by atoms with van der Waals surface area (Å²) in [6.45, 7) is 5.95. The number of hydrogen-bond acceptors (Lipinski definition) is 3. The molecule has 1 heterocycles. The third kappa shape index (κ3) is 3.98. The van der Waals surface area contributed by atoms with E-state index in [-0.39, 0.29) is 17.1 Å². The van der Waals surface area contributed by atoms with Gasteiger partial charge in [0.2, 0.25) is 5.91 Å². The monoisotopic (exact) mass is 244 g/mol. The van der Waals surface area contributed by atoms with Crippen LogP contribution >= 0.6 is 12.6 Å². The largest absolute Gasteiger partial charge is 0.354 e. The smallest absolute Gasteiger partial charge is 0.233 e. The van der Waals surface area contributed by atoms with Crippen molar-refractivity contribution in [3.63, 3.8) is 0 Å². The van der Waals surface area contributed by atoms with Crippen molar-refractivity contribution in [3.05, 3.63) is 0 Å². The van der Waals surface area contributed by atoms with Crippen LogP contribution < -0.4 is 5.32 Å². The standard InChI is InChI=1S/C12H24N2OS/c1-9(2)11(16)12(15)13-8-10-6-4-5-7-14(10)3/h9-11,16H,4-8H2,1-3H3,(H,13,15). The minimum Gasteiger partial charge on any atom is -0.354 e. The third-order valence-corrected chi connectivity index (χ3v) is 4.16. The number of nitrogens with zero attached hydrogens (tertiary/aromatic N) is 1. The highest BCUT2D eigenvalue weighted by Crippen LogP contribution is 2.14. The molecule has 0 aliphatic carbocycles. The van der Waals surface area contributed by atoms with Gasteiger partial charge < -0.3 is 10.2 Å². The van der Waals surface area contributed by atoms with E-state index < -0.39 is 0 Å². The van der Waals surface area contributed by atoms with E-state index in [0.717, 1.165) is 13.1 Å². The van der Waals surface area contributed by atoms with Crippen LogP contribution in [-0.4, -0.2) is 42.2 Å². The summed E-state index contributed by atoms with van der Waals surface area (Å²) < 4.78 is 0. The Morgan fingerprint density at radius 1 is 1.50 bits per heavy atom. The van der Waals surface area contributed by atoms with E-state index in [9.17, 15) is 4.79 Å². The molecule has 1 saturated heterocycles. The maximum Gasteiger partial charge on any atom is 0.233 e. The van der Waals surface area contributed by atoms with Gasteiger partial charge in [0.25, 0.3) is 0 Å². The zero-order valence-electron chi connectivity index (χ0n) is 10.6. The highest BCUT2D eigenvalue weighted by molar-refractivity contribution is 7.81. The van der Waals surface area contributed by atoms with Crippen LogP contribution in [-0.2, 0) is 4.79 Å². The second-order valence-electron chi connectivity index (χ2n) is 5.06. The van der Waals surface area contributed by atoms with E-state index in [1.807, 2.05) is 13.8 Å². The molecule has 2 atom stereocenters. The summed E-state index contributed by atoms with van der Waals surface area (Å²) in [5.74, 6) is 0.352. The molecule has 4 heteroatoms. The van der Waals surface area contributed by atoms with Crippen molar-refractivity contribution in [2.75, 3.05) is 20.1 Å². The Kier molecular flexibility index (Phi) is 5.62. The Balaban J connectivity index is 2.30. The van der Waals surface area contributed by atoms with Gasteiger partial charge in [0.1, 0.15) is 0 Å². The average molecular weight is 244 g/mol. The predicted octanol–water partition coefficient (Wildman–Crippen LogP) is 1.54. The molecule has 0 radical (unpaired) electrons. The predicted molar refractivity (Wildman–Crippen MR) is 70.9 cm³/mol. The first-order valence-corrected chi connectivity index (χ1v) is 6.70. The number of nitrogens with one attached hydrogen (secondary N) is 1. The van der Waals surface area contributed by atoms with Crippen LogP contribution in [0.4, 0.5) is 0 Å². The average Bonchev–Trinajstić information content (AvgIpc) is 2.26. The minimum atomic E-state index is -0.186. The normalized spacial score (nSPS) is 24.4. The van der Waals surface area contributed by atoms with Gasteiger partial charge in [-0.15, -0.1) is 0 Å². The van der Waals surface area contributed by atoms with Crippen molar-refractivity contribution >= 4 is 18.5 Å². The Hall–Kier alpha value is -0.220. The van der Waals surface area contributed by atoms with Gasteiger partial charge in [-0.1, -0.05) is 20.3 Å². The summed E-state index contributed by atoms with van der Waals surface area (Å²) in [5.41, 5.74) is 0. The number of carbonyl (C=O) groups excluding carboxylic acids is 1. The van der Waals surface area contributed by atoms with Gasteiger partial charge in [-0.05, 0) is 32.4 Å². The van der Waals surface area contributed by atoms with Crippen LogP contribution in [0.5, 0.6) is 0 Å². The van der Waals surface area contributed by atoms with Crippen molar-refractivity contribution in [2.45, 2.75) is 44.4 Å². The fraction of sp³-hybridized carbons (Fsp3) is 0.917. The maximum atomic E-state index is 11.7. The molecule has 1 N–H and O–H groups in total. The molecule has 0 saturated carbocycles. The molecular weight excluding hydrogens is 220 g/mol. The number of hydrogen-bond donors (Lipinski definition) is 2. The van der Waals surface area contributed by atoms with Crippen LogP contribution in [0.25, 0.3) is 0 Å². The first-order valence-electron chi connectivity index (χ1n) is 6.18. The number of amides is 1. The summed E-state index contributed by atoms with van der Waals surface area (Å²) in [6.07, 6.45) is 3.75. The van der Waals surface area contributed by atoms with Gasteiger partial charge >= 0.3 is 0 Å². The minimum absolute atomic E-state index is 0.0670. The Labute approximate surface area is 104 Å². The summed E-state index contributed by atoms with van der Waals surface area (Å²) in [7, 11) is 2.14. The van der Waals surface area contributed by atoms with E-state index in [4.69, 9.17) is 0 Å². The highest BCUT2D eigenvalue weighted by atomic mass is 32.1. The molecule has 0 spiro atoms. The molecule has 0 bridgehead atoms. The lowest BCUT2D eigenvalue weighted by molar-refractivity contribution is -0.121. The molecule has 3 nitrogen and oxygen atoms in total. The molecule has 2 unspecified atom stereocenters. The summed E-state index contributed by atoms with van der Waals surface area (Å²) in [5, 5.41) is 2.82. The van der Waals surface area contributed by atoms with Crippen molar-refractivity contribution in [3.8, 4) is 0 Å². The SMILES string of the molecule is CC(C)C(S)C(=O)NCC1CCCCN1C. The molecule has 94 valence electrons. The molecule has 1 aliphatic rings. The molecule has 1 amide bonds. The number of carbonyl (C=O) groups is 1. The fourth-order valence-corrected chi connectivity index (χ4v) is 2.12. The fourth-order valence-electron chi connectivity index (χ4n) is 2.03. The van der Waals surface area contributed by atoms with Crippen LogP contribution in [0.15, 0.2) is 0 Å². The Morgan fingerprint density at radius 2 is 2.19 bits per heavy atom. The first kappa shape index (κ1) is 13.8. The lowest BCUT2D eigenvalue weighted by atomic mass is 10.0. The zero-order chi connectivity index (χ0) is 12.1. The van der Waals surface area contributed by atoms with E-state index in [0.29, 0.717) is 6.04 Å². The maximum absolute atomic E-state index is 11.7. The van der Waals surface area contributed by atoms with Crippen molar-refractivity contribution in [2.24, 2.45) is 5.92 Å². The van der Waals surface area contributed by atoms with E-state index >= 15 is 0 Å². The molecule has 0 aromatic heterocycles. The van der Waals surface area contributed by atoms with E-state index in [2.05, 4.69) is 29.9 Å². The van der Waals surface area contributed by atoms with Gasteiger partial charge in [0.05, 0.1) is 5.25 Å². The molecule has 1 fully saturated rings. The number of thiol groups is 1. The van der Waals surface area contributed by atoms with Gasteiger partial charge in [0, 0.05) is 12.6 Å². The Morgan fingerprint density at radius 3 is 2.75 bits per heavy atom. The van der Waals surface area contributed by atoms with Crippen LogP contribution in [0.1, 0.15) is 33.1 Å². The topological polar surface area (TPSA) is 32.3 Å². The van der Waals surface area contributed by atoms with Crippen molar-refractivity contribution in [1.29, 1.82) is 0 Å². The highest BCUT2D eigenvalue weighted by Gasteiger charge is 2.22. The van der Waals surface area contributed by atoms with E-state index in [1.54, 1.807) is 0 Å². The van der Waals surface area contributed by atoms with Crippen LogP contribution in [0, 0.1) is 5.92 Å². The van der Waals surface area contributed by atoms with Crippen molar-refractivity contribution in [1.82, 2.24) is 10.2 Å². The number of likely N-dealkylation sites (tertiary alicyclic amines) is 1. The molecule has 0 aromatic carbocycles. The quantitative estimate of drug-likeness (QED) is 0.735. The lowest BCUT2D eigenvalue weighted by Crippen LogP contribution is -2.46. The Bertz CT molecular complexity index is 233. The second kappa shape index (κ2) is 6.50. The summed E-state index contributed by atoms with van der Waals surface area (Å²) >= 11 is 4.31. The van der Waals surface area contributed by atoms with Gasteiger partial charge in [-0.2, -0.15) is 12.6 Å². The molecule has 0 aromatic rings. The zero-order valence-corrected chi connectivity index (χ0v) is 11.5. The summed E-state index contributed by atoms with van der Waals surface area (Å²) in [4.78, 5) is 14.1. The number of piperidine rings is 1. The van der Waals surface area contributed by atoms with Crippen LogP contribution in [0.3, 0.4) is 0 Å². The summed E-state index contributed by atoms with van der Waals surface area (Å²) in [6, 6.07) is 0.505. The van der Waals surface area contributed by atoms with Gasteiger partial charge in [0.15, 0.2) is 0 Å². The van der Waals surface area contributed by atoms with E-state index in [1.165, 1.54) is 19.3 Å². The lowest BCUT2D eigenvalue weighted by Gasteiger charge is -2.32. The molecule has 1 rings (SSSR count). The second-order valence-corrected chi connectivity index (χ2v) is 5.62. The van der Waals surface area contributed by atoms with Crippen molar-refractivity contribution < 1.29 is 4.79 Å². The first-order chi connectivity index (χ1) is 7.52. The number of rotatable bonds is 4. The van der Waals surface area contributed by atoms with Crippen LogP contribution in [0.2, 0.25) is 0 Å². The molecular formula is C12H24N2OS. The molecule has 1 aliphatic heterocycles. The third-order valence-electron chi connectivity index (χ3n) is 3.33. The molecule has 16 heavy (non-hydrogen) atoms. The number of likely N-dealkylation sites (N-methyl/N-ethyl adjacent to an activating group) is 1. The van der Waals surface area contributed by atoms with Gasteiger partial charge in [-0.3, -0.25) is 4.79 Å².